The Hall–Kier alpha value is -2.01. The first-order chi connectivity index (χ1) is 12.0. The van der Waals surface area contributed by atoms with Crippen LogP contribution in [0.25, 0.3) is 0 Å². The molecular weight excluding hydrogens is 336 g/mol. The van der Waals surface area contributed by atoms with Crippen molar-refractivity contribution in [2.75, 3.05) is 18.0 Å². The third-order valence-electron chi connectivity index (χ3n) is 4.99. The topological polar surface area (TPSA) is 50.2 Å². The Morgan fingerprint density at radius 2 is 2.00 bits per heavy atom. The largest absolute Gasteiger partial charge is 0.370 e. The molecule has 0 aliphatic carbocycles. The van der Waals surface area contributed by atoms with E-state index in [-0.39, 0.29) is 11.9 Å². The highest BCUT2D eigenvalue weighted by atomic mass is 35.5. The van der Waals surface area contributed by atoms with Gasteiger partial charge in [-0.2, -0.15) is 5.10 Å². The summed E-state index contributed by atoms with van der Waals surface area (Å²) in [5.41, 5.74) is 3.68. The number of halogens is 1. The van der Waals surface area contributed by atoms with Crippen molar-refractivity contribution in [3.05, 3.63) is 46.2 Å². The van der Waals surface area contributed by atoms with Crippen LogP contribution in [0.2, 0.25) is 5.02 Å². The number of hydrogen-bond donors (Lipinski definition) is 1. The maximum absolute atomic E-state index is 12.7. The highest BCUT2D eigenvalue weighted by Gasteiger charge is 2.19. The molecule has 0 spiro atoms. The molecule has 1 saturated heterocycles. The Morgan fingerprint density at radius 1 is 1.28 bits per heavy atom. The molecule has 0 radical (unpaired) electrons. The molecule has 2 heterocycles. The van der Waals surface area contributed by atoms with E-state index in [4.69, 9.17) is 11.6 Å². The summed E-state index contributed by atoms with van der Waals surface area (Å²) in [6.45, 7) is 5.97. The molecule has 1 aromatic carbocycles. The van der Waals surface area contributed by atoms with E-state index >= 15 is 0 Å². The number of hydrogen-bond acceptors (Lipinski definition) is 3. The zero-order valence-corrected chi connectivity index (χ0v) is 15.8. The van der Waals surface area contributed by atoms with Gasteiger partial charge in [0.25, 0.3) is 5.91 Å². The summed E-state index contributed by atoms with van der Waals surface area (Å²) in [6, 6.07) is 5.41. The molecule has 1 aromatic heterocycles. The van der Waals surface area contributed by atoms with E-state index in [9.17, 15) is 4.79 Å². The molecule has 1 N–H and O–H groups in total. The molecule has 1 aliphatic rings. The minimum atomic E-state index is -0.102. The Balaban J connectivity index is 1.76. The van der Waals surface area contributed by atoms with Crippen LogP contribution in [0.1, 0.15) is 53.8 Å². The molecule has 0 unspecified atom stereocenters. The molecule has 3 rings (SSSR count). The Morgan fingerprint density at radius 3 is 2.64 bits per heavy atom. The summed E-state index contributed by atoms with van der Waals surface area (Å²) in [5, 5.41) is 8.01. The molecule has 1 aliphatic heterocycles. The third kappa shape index (κ3) is 3.82. The van der Waals surface area contributed by atoms with Crippen LogP contribution in [0.3, 0.4) is 0 Å². The average molecular weight is 361 g/mol. The van der Waals surface area contributed by atoms with Gasteiger partial charge in [0.05, 0.1) is 22.9 Å². The molecule has 25 heavy (non-hydrogen) atoms. The van der Waals surface area contributed by atoms with Gasteiger partial charge in [-0.1, -0.05) is 11.6 Å². The van der Waals surface area contributed by atoms with Crippen molar-refractivity contribution in [2.24, 2.45) is 7.05 Å². The van der Waals surface area contributed by atoms with Crippen LogP contribution >= 0.6 is 11.6 Å². The maximum Gasteiger partial charge on any atom is 0.251 e. The fourth-order valence-corrected chi connectivity index (χ4v) is 3.57. The number of carbonyl (C=O) groups is 1. The number of amides is 1. The van der Waals surface area contributed by atoms with E-state index in [0.29, 0.717) is 10.6 Å². The van der Waals surface area contributed by atoms with E-state index in [0.717, 1.165) is 30.0 Å². The van der Waals surface area contributed by atoms with E-state index in [1.165, 1.54) is 19.3 Å². The second-order valence-electron chi connectivity index (χ2n) is 6.72. The summed E-state index contributed by atoms with van der Waals surface area (Å²) < 4.78 is 1.81. The molecule has 0 bridgehead atoms. The summed E-state index contributed by atoms with van der Waals surface area (Å²) >= 11 is 6.38. The Bertz CT molecular complexity index is 765. The van der Waals surface area contributed by atoms with Gasteiger partial charge in [-0.05, 0) is 51.3 Å². The first kappa shape index (κ1) is 17.8. The number of aromatic nitrogens is 2. The van der Waals surface area contributed by atoms with Crippen LogP contribution in [-0.4, -0.2) is 28.8 Å². The second-order valence-corrected chi connectivity index (χ2v) is 7.13. The molecule has 5 nitrogen and oxygen atoms in total. The zero-order chi connectivity index (χ0) is 18.0. The molecule has 1 atom stereocenters. The Kier molecular flexibility index (Phi) is 5.33. The molecule has 1 fully saturated rings. The molecular formula is C19H25ClN4O. The van der Waals surface area contributed by atoms with Crippen molar-refractivity contribution < 1.29 is 4.79 Å². The van der Waals surface area contributed by atoms with Crippen molar-refractivity contribution in [1.82, 2.24) is 15.1 Å². The van der Waals surface area contributed by atoms with Gasteiger partial charge >= 0.3 is 0 Å². The van der Waals surface area contributed by atoms with Gasteiger partial charge in [0.1, 0.15) is 0 Å². The van der Waals surface area contributed by atoms with Gasteiger partial charge in [-0.25, -0.2) is 0 Å². The van der Waals surface area contributed by atoms with Gasteiger partial charge in [0.15, 0.2) is 0 Å². The van der Waals surface area contributed by atoms with Crippen LogP contribution in [0, 0.1) is 6.92 Å². The van der Waals surface area contributed by atoms with Gasteiger partial charge in [0.2, 0.25) is 0 Å². The smallest absolute Gasteiger partial charge is 0.251 e. The average Bonchev–Trinajstić information content (AvgIpc) is 2.95. The van der Waals surface area contributed by atoms with E-state index in [1.807, 2.05) is 37.7 Å². The van der Waals surface area contributed by atoms with E-state index < -0.39 is 0 Å². The minimum absolute atomic E-state index is 0.0920. The highest BCUT2D eigenvalue weighted by Crippen LogP contribution is 2.29. The van der Waals surface area contributed by atoms with Crippen LogP contribution in [0.5, 0.6) is 0 Å². The predicted octanol–water partition coefficient (Wildman–Crippen LogP) is 3.86. The number of nitrogens with one attached hydrogen (secondary N) is 1. The van der Waals surface area contributed by atoms with Crippen LogP contribution in [0.15, 0.2) is 24.4 Å². The number of nitrogens with zero attached hydrogens (tertiary/aromatic N) is 3. The van der Waals surface area contributed by atoms with Crippen molar-refractivity contribution in [3.8, 4) is 0 Å². The monoisotopic (exact) mass is 360 g/mol. The van der Waals surface area contributed by atoms with Gasteiger partial charge in [-0.3, -0.25) is 9.48 Å². The highest BCUT2D eigenvalue weighted by molar-refractivity contribution is 6.33. The van der Waals surface area contributed by atoms with E-state index in [2.05, 4.69) is 15.3 Å². The fourth-order valence-electron chi connectivity index (χ4n) is 3.33. The number of piperidine rings is 1. The minimum Gasteiger partial charge on any atom is -0.370 e. The van der Waals surface area contributed by atoms with Crippen molar-refractivity contribution in [3.63, 3.8) is 0 Å². The normalized spacial score (nSPS) is 15.9. The zero-order valence-electron chi connectivity index (χ0n) is 15.1. The standard InChI is InChI=1S/C19H25ClN4O/c1-13(16-12-21-23(3)14(16)2)22-19(25)15-7-8-17(20)18(11-15)24-9-5-4-6-10-24/h7-8,11-13H,4-6,9-10H2,1-3H3,(H,22,25)/t13-/m1/s1. The quantitative estimate of drug-likeness (QED) is 0.900. The van der Waals surface area contributed by atoms with E-state index in [1.54, 1.807) is 12.3 Å². The summed E-state index contributed by atoms with van der Waals surface area (Å²) in [6.07, 6.45) is 5.41. The first-order valence-corrected chi connectivity index (χ1v) is 9.19. The number of benzene rings is 1. The van der Waals surface area contributed by atoms with Crippen molar-refractivity contribution in [2.45, 2.75) is 39.2 Å². The predicted molar refractivity (Wildman–Crippen MR) is 101 cm³/mol. The first-order valence-electron chi connectivity index (χ1n) is 8.81. The number of rotatable bonds is 4. The van der Waals surface area contributed by atoms with Crippen LogP contribution < -0.4 is 10.2 Å². The van der Waals surface area contributed by atoms with Gasteiger partial charge < -0.3 is 10.2 Å². The molecule has 6 heteroatoms. The molecule has 134 valence electrons. The molecule has 0 saturated carbocycles. The number of anilines is 1. The maximum atomic E-state index is 12.7. The molecule has 1 amide bonds. The second kappa shape index (κ2) is 7.48. The van der Waals surface area contributed by atoms with Crippen LogP contribution in [-0.2, 0) is 7.05 Å². The lowest BCUT2D eigenvalue weighted by molar-refractivity contribution is 0.0940. The Labute approximate surface area is 154 Å². The van der Waals surface area contributed by atoms with Crippen molar-refractivity contribution >= 4 is 23.2 Å². The lowest BCUT2D eigenvalue weighted by Gasteiger charge is -2.30. The van der Waals surface area contributed by atoms with Crippen LogP contribution in [0.4, 0.5) is 5.69 Å². The molecule has 2 aromatic rings. The van der Waals surface area contributed by atoms with Crippen molar-refractivity contribution in [1.29, 1.82) is 0 Å². The third-order valence-corrected chi connectivity index (χ3v) is 5.31. The summed E-state index contributed by atoms with van der Waals surface area (Å²) in [7, 11) is 1.90. The SMILES string of the molecule is Cc1c([C@@H](C)NC(=O)c2ccc(Cl)c(N3CCCCC3)c2)cnn1C. The summed E-state index contributed by atoms with van der Waals surface area (Å²) in [4.78, 5) is 15.0. The fraction of sp³-hybridized carbons (Fsp3) is 0.474. The number of carbonyl (C=O) groups excluding carboxylic acids is 1. The van der Waals surface area contributed by atoms with Gasteiger partial charge in [-0.15, -0.1) is 0 Å². The summed E-state index contributed by atoms with van der Waals surface area (Å²) in [5.74, 6) is -0.0920. The van der Waals surface area contributed by atoms with Gasteiger partial charge in [0, 0.05) is 37.0 Å². The number of aryl methyl sites for hydroxylation is 1. The lowest BCUT2D eigenvalue weighted by Crippen LogP contribution is -2.30. The lowest BCUT2D eigenvalue weighted by atomic mass is 10.1.